The topological polar surface area (TPSA) is 76.0 Å². The smallest absolute Gasteiger partial charge is 0.241 e. The highest BCUT2D eigenvalue weighted by atomic mass is 16.2. The van der Waals surface area contributed by atoms with Crippen molar-refractivity contribution in [1.82, 2.24) is 15.1 Å². The van der Waals surface area contributed by atoms with E-state index in [2.05, 4.69) is 47.8 Å². The van der Waals surface area contributed by atoms with E-state index in [-0.39, 0.29) is 18.4 Å². The zero-order valence-electron chi connectivity index (χ0n) is 14.4. The average Bonchev–Trinajstić information content (AvgIpc) is 2.93. The van der Waals surface area contributed by atoms with E-state index in [0.29, 0.717) is 25.2 Å². The maximum absolute atomic E-state index is 12.1. The minimum Gasteiger partial charge on any atom is -0.355 e. The van der Waals surface area contributed by atoms with Gasteiger partial charge in [-0.25, -0.2) is 0 Å². The molecule has 6 heteroatoms. The summed E-state index contributed by atoms with van der Waals surface area (Å²) in [7, 11) is 0. The predicted octanol–water partition coefficient (Wildman–Crippen LogP) is 2.21. The third kappa shape index (κ3) is 5.22. The number of hydrogen-bond donors (Lipinski definition) is 2. The van der Waals surface area contributed by atoms with E-state index in [1.54, 1.807) is 12.3 Å². The number of benzene rings is 1. The van der Waals surface area contributed by atoms with Crippen LogP contribution in [0.1, 0.15) is 30.0 Å². The lowest BCUT2D eigenvalue weighted by Crippen LogP contribution is -2.27. The van der Waals surface area contributed by atoms with E-state index in [1.165, 1.54) is 21.4 Å². The second kappa shape index (κ2) is 8.29. The summed E-state index contributed by atoms with van der Waals surface area (Å²) >= 11 is 0. The van der Waals surface area contributed by atoms with Crippen LogP contribution < -0.4 is 10.6 Å². The van der Waals surface area contributed by atoms with Gasteiger partial charge in [-0.05, 0) is 38.3 Å². The predicted molar refractivity (Wildman–Crippen MR) is 93.8 cm³/mol. The first-order chi connectivity index (χ1) is 11.5. The number of likely N-dealkylation sites (N-methyl/N-ethyl adjacent to an activating group) is 1. The second-order valence-corrected chi connectivity index (χ2v) is 5.83. The van der Waals surface area contributed by atoms with Gasteiger partial charge >= 0.3 is 0 Å². The van der Waals surface area contributed by atoms with Gasteiger partial charge in [0, 0.05) is 25.2 Å². The molecule has 2 N–H and O–H groups in total. The number of amides is 2. The Balaban J connectivity index is 1.84. The number of carbonyl (C=O) groups excluding carboxylic acids is 2. The summed E-state index contributed by atoms with van der Waals surface area (Å²) in [4.78, 5) is 23.6. The molecule has 0 atom stereocenters. The minimum absolute atomic E-state index is 0.0850. The van der Waals surface area contributed by atoms with E-state index in [9.17, 15) is 9.59 Å². The standard InChI is InChI=1S/C18H24N4O2/c1-4-19-18(24)12-22-10-9-16(21-22)20-17(23)8-7-15-6-5-13(2)11-14(15)3/h5-6,9-11H,4,7-8,12H2,1-3H3,(H,19,24)(H,20,21,23). The summed E-state index contributed by atoms with van der Waals surface area (Å²) in [6.45, 7) is 6.71. The molecule has 128 valence electrons. The molecule has 0 radical (unpaired) electrons. The lowest BCUT2D eigenvalue weighted by Gasteiger charge is -2.07. The third-order valence-corrected chi connectivity index (χ3v) is 3.71. The molecular weight excluding hydrogens is 304 g/mol. The molecule has 2 amide bonds. The second-order valence-electron chi connectivity index (χ2n) is 5.83. The van der Waals surface area contributed by atoms with Crippen LogP contribution in [0.4, 0.5) is 5.82 Å². The van der Waals surface area contributed by atoms with Gasteiger partial charge in [-0.1, -0.05) is 23.8 Å². The molecule has 0 aliphatic carbocycles. The molecule has 1 aromatic carbocycles. The molecule has 1 aromatic heterocycles. The van der Waals surface area contributed by atoms with Crippen molar-refractivity contribution < 1.29 is 9.59 Å². The van der Waals surface area contributed by atoms with Gasteiger partial charge in [-0.2, -0.15) is 5.10 Å². The first-order valence-corrected chi connectivity index (χ1v) is 8.14. The summed E-state index contributed by atoms with van der Waals surface area (Å²) in [5, 5.41) is 9.65. The Bertz CT molecular complexity index is 722. The fraction of sp³-hybridized carbons (Fsp3) is 0.389. The summed E-state index contributed by atoms with van der Waals surface area (Å²) < 4.78 is 1.50. The largest absolute Gasteiger partial charge is 0.355 e. The molecule has 0 saturated heterocycles. The highest BCUT2D eigenvalue weighted by Crippen LogP contribution is 2.13. The zero-order valence-corrected chi connectivity index (χ0v) is 14.4. The molecule has 0 spiro atoms. The first-order valence-electron chi connectivity index (χ1n) is 8.14. The molecule has 24 heavy (non-hydrogen) atoms. The molecule has 0 aliphatic rings. The summed E-state index contributed by atoms with van der Waals surface area (Å²) in [5.74, 6) is 0.275. The zero-order chi connectivity index (χ0) is 17.5. The van der Waals surface area contributed by atoms with Gasteiger partial charge in [0.05, 0.1) is 0 Å². The molecule has 0 fully saturated rings. The number of nitrogens with zero attached hydrogens (tertiary/aromatic N) is 2. The lowest BCUT2D eigenvalue weighted by molar-refractivity contribution is -0.121. The third-order valence-electron chi connectivity index (χ3n) is 3.71. The monoisotopic (exact) mass is 328 g/mol. The van der Waals surface area contributed by atoms with Crippen molar-refractivity contribution >= 4 is 17.6 Å². The number of anilines is 1. The molecule has 2 aromatic rings. The van der Waals surface area contributed by atoms with Gasteiger partial charge in [0.25, 0.3) is 0 Å². The SMILES string of the molecule is CCNC(=O)Cn1ccc(NC(=O)CCc2ccc(C)cc2C)n1. The Morgan fingerprint density at radius 1 is 1.17 bits per heavy atom. The van der Waals surface area contributed by atoms with Crippen LogP contribution in [0.25, 0.3) is 0 Å². The van der Waals surface area contributed by atoms with E-state index in [0.717, 1.165) is 0 Å². The van der Waals surface area contributed by atoms with Gasteiger partial charge in [0.1, 0.15) is 6.54 Å². The number of rotatable bonds is 7. The van der Waals surface area contributed by atoms with Crippen LogP contribution in [0, 0.1) is 13.8 Å². The highest BCUT2D eigenvalue weighted by molar-refractivity contribution is 5.89. The van der Waals surface area contributed by atoms with E-state index >= 15 is 0 Å². The van der Waals surface area contributed by atoms with Crippen LogP contribution >= 0.6 is 0 Å². The van der Waals surface area contributed by atoms with Crippen LogP contribution in [0.2, 0.25) is 0 Å². The first kappa shape index (κ1) is 17.7. The molecular formula is C18H24N4O2. The summed E-state index contributed by atoms with van der Waals surface area (Å²) in [6, 6.07) is 7.94. The number of nitrogens with one attached hydrogen (secondary N) is 2. The van der Waals surface area contributed by atoms with Crippen LogP contribution in [0.15, 0.2) is 30.5 Å². The number of aromatic nitrogens is 2. The van der Waals surface area contributed by atoms with Crippen LogP contribution in [-0.4, -0.2) is 28.1 Å². The van der Waals surface area contributed by atoms with Gasteiger partial charge in [-0.15, -0.1) is 0 Å². The maximum atomic E-state index is 12.1. The molecule has 0 saturated carbocycles. The fourth-order valence-corrected chi connectivity index (χ4v) is 2.50. The van der Waals surface area contributed by atoms with Crippen molar-refractivity contribution in [2.75, 3.05) is 11.9 Å². The average molecular weight is 328 g/mol. The molecule has 6 nitrogen and oxygen atoms in total. The Hall–Kier alpha value is -2.63. The van der Waals surface area contributed by atoms with Crippen LogP contribution in [-0.2, 0) is 22.6 Å². The number of carbonyl (C=O) groups is 2. The molecule has 0 bridgehead atoms. The Morgan fingerprint density at radius 3 is 2.67 bits per heavy atom. The van der Waals surface area contributed by atoms with E-state index in [1.807, 2.05) is 6.92 Å². The molecule has 2 rings (SSSR count). The number of hydrogen-bond acceptors (Lipinski definition) is 3. The highest BCUT2D eigenvalue weighted by Gasteiger charge is 2.08. The number of aryl methyl sites for hydroxylation is 3. The normalized spacial score (nSPS) is 10.5. The van der Waals surface area contributed by atoms with Gasteiger partial charge in [0.15, 0.2) is 5.82 Å². The van der Waals surface area contributed by atoms with Crippen LogP contribution in [0.3, 0.4) is 0 Å². The Morgan fingerprint density at radius 2 is 1.96 bits per heavy atom. The Labute approximate surface area is 142 Å². The maximum Gasteiger partial charge on any atom is 0.241 e. The fourth-order valence-electron chi connectivity index (χ4n) is 2.50. The van der Waals surface area contributed by atoms with Crippen molar-refractivity contribution in [2.45, 2.75) is 40.2 Å². The van der Waals surface area contributed by atoms with Crippen molar-refractivity contribution in [2.24, 2.45) is 0 Å². The molecule has 1 heterocycles. The van der Waals surface area contributed by atoms with E-state index < -0.39 is 0 Å². The van der Waals surface area contributed by atoms with Crippen molar-refractivity contribution in [3.63, 3.8) is 0 Å². The van der Waals surface area contributed by atoms with Crippen molar-refractivity contribution in [1.29, 1.82) is 0 Å². The summed E-state index contributed by atoms with van der Waals surface area (Å²) in [6.07, 6.45) is 2.76. The van der Waals surface area contributed by atoms with Crippen molar-refractivity contribution in [3.05, 3.63) is 47.2 Å². The Kier molecular flexibility index (Phi) is 6.12. The van der Waals surface area contributed by atoms with Gasteiger partial charge in [0.2, 0.25) is 11.8 Å². The van der Waals surface area contributed by atoms with Gasteiger partial charge < -0.3 is 10.6 Å². The van der Waals surface area contributed by atoms with E-state index in [4.69, 9.17) is 0 Å². The quantitative estimate of drug-likeness (QED) is 0.818. The van der Waals surface area contributed by atoms with Crippen molar-refractivity contribution in [3.8, 4) is 0 Å². The molecule has 0 unspecified atom stereocenters. The summed E-state index contributed by atoms with van der Waals surface area (Å²) in [5.41, 5.74) is 3.60. The molecule has 0 aliphatic heterocycles. The minimum atomic E-state index is -0.103. The lowest BCUT2D eigenvalue weighted by atomic mass is 10.0. The van der Waals surface area contributed by atoms with Crippen LogP contribution in [0.5, 0.6) is 0 Å². The van der Waals surface area contributed by atoms with Gasteiger partial charge in [-0.3, -0.25) is 14.3 Å².